The van der Waals surface area contributed by atoms with Crippen molar-refractivity contribution in [1.29, 1.82) is 0 Å². The molecule has 27 heavy (non-hydrogen) atoms. The van der Waals surface area contributed by atoms with E-state index in [4.69, 9.17) is 4.74 Å². The number of rotatable bonds is 6. The Morgan fingerprint density at radius 2 is 2.00 bits per heavy atom. The molecule has 2 rings (SSSR count). The number of nitrogens with one attached hydrogen (secondary N) is 1. The zero-order chi connectivity index (χ0) is 20.4. The molecule has 1 aliphatic heterocycles. The van der Waals surface area contributed by atoms with Crippen LogP contribution < -0.4 is 5.32 Å². The number of nitroso groups, excluding NO2 is 1. The number of allylic oxidation sites excluding steroid dienone is 1. The molecule has 1 saturated heterocycles. The number of carbonyl (C=O) groups is 1. The van der Waals surface area contributed by atoms with Crippen LogP contribution in [-0.4, -0.2) is 44.5 Å². The molecule has 1 aromatic rings. The van der Waals surface area contributed by atoms with Gasteiger partial charge in [0.2, 0.25) is 5.70 Å². The lowest BCUT2D eigenvalue weighted by molar-refractivity contribution is -0.113. The maximum atomic E-state index is 12.9. The van der Waals surface area contributed by atoms with Gasteiger partial charge in [-0.1, -0.05) is 12.1 Å². The van der Waals surface area contributed by atoms with E-state index in [0.717, 1.165) is 5.56 Å². The third-order valence-electron chi connectivity index (χ3n) is 4.36. The first-order valence-electron chi connectivity index (χ1n) is 8.41. The van der Waals surface area contributed by atoms with E-state index in [2.05, 4.69) is 10.5 Å². The molecule has 0 radical (unpaired) electrons. The Bertz CT molecular complexity index is 792. The molecule has 8 nitrogen and oxygen atoms in total. The molecule has 9 heteroatoms. The number of aliphatic hydroxyl groups excluding tert-OH is 1. The van der Waals surface area contributed by atoms with Crippen molar-refractivity contribution in [2.45, 2.75) is 38.0 Å². The second-order valence-corrected chi connectivity index (χ2v) is 9.71. The molecule has 1 heterocycles. The Balaban J connectivity index is 2.33. The van der Waals surface area contributed by atoms with Gasteiger partial charge >= 0.3 is 0 Å². The van der Waals surface area contributed by atoms with Crippen LogP contribution in [0.2, 0.25) is 0 Å². The summed E-state index contributed by atoms with van der Waals surface area (Å²) in [5.41, 5.74) is 0.110. The van der Waals surface area contributed by atoms with E-state index in [0.29, 0.717) is 18.9 Å². The van der Waals surface area contributed by atoms with Crippen LogP contribution in [0.5, 0.6) is 0 Å². The van der Waals surface area contributed by atoms with E-state index in [1.165, 1.54) is 6.92 Å². The minimum atomic E-state index is -1.26. The van der Waals surface area contributed by atoms with Crippen molar-refractivity contribution in [3.63, 3.8) is 0 Å². The highest BCUT2D eigenvalue weighted by Crippen LogP contribution is 2.39. The predicted molar refractivity (Wildman–Crippen MR) is 104 cm³/mol. The molecule has 1 atom stereocenters. The van der Waals surface area contributed by atoms with Crippen LogP contribution in [-0.2, 0) is 26.1 Å². The highest BCUT2D eigenvalue weighted by molar-refractivity contribution is 7.84. The number of hydrogen-bond donors (Lipinski definition) is 2. The molecule has 0 bridgehead atoms. The monoisotopic (exact) mass is 395 g/mol. The zero-order valence-electron chi connectivity index (χ0n) is 16.1. The molecule has 1 fully saturated rings. The Morgan fingerprint density at radius 3 is 2.44 bits per heavy atom. The molecular formula is C18H25N3O5S. The maximum Gasteiger partial charge on any atom is 0.281 e. The second-order valence-electron chi connectivity index (χ2n) is 7.44. The first kappa shape index (κ1) is 21.2. The van der Waals surface area contributed by atoms with E-state index < -0.39 is 38.6 Å². The van der Waals surface area contributed by atoms with E-state index >= 15 is 0 Å². The number of aliphatic hydroxyl groups is 1. The van der Waals surface area contributed by atoms with Gasteiger partial charge in [-0.25, -0.2) is 8.51 Å². The largest absolute Gasteiger partial charge is 0.510 e. The van der Waals surface area contributed by atoms with Gasteiger partial charge in [-0.2, -0.15) is 0 Å². The van der Waals surface area contributed by atoms with E-state index in [1.807, 2.05) is 26.8 Å². The molecule has 0 saturated carbocycles. The number of likely N-dealkylation sites (N-methyl/N-ethyl adjacent to an activating group) is 1. The van der Waals surface area contributed by atoms with Gasteiger partial charge in [0.05, 0.1) is 18.0 Å². The lowest BCUT2D eigenvalue weighted by Crippen LogP contribution is -2.60. The van der Waals surface area contributed by atoms with Crippen LogP contribution in [0.1, 0.15) is 33.3 Å². The van der Waals surface area contributed by atoms with Crippen molar-refractivity contribution >= 4 is 22.6 Å². The van der Waals surface area contributed by atoms with Crippen molar-refractivity contribution in [2.24, 2.45) is 5.18 Å². The molecule has 0 aliphatic carbocycles. The SMILES string of the molecule is C/C(O)=C(\N=O)C(=O)Nc1cccc(C2(N(C)S(=O)C(C)(C)C)COC2)c1. The second kappa shape index (κ2) is 7.87. The number of carbonyl (C=O) groups excluding carboxylic acids is 1. The highest BCUT2D eigenvalue weighted by Gasteiger charge is 2.48. The van der Waals surface area contributed by atoms with Crippen LogP contribution in [0.4, 0.5) is 5.69 Å². The van der Waals surface area contributed by atoms with Crippen LogP contribution >= 0.6 is 0 Å². The van der Waals surface area contributed by atoms with Gasteiger partial charge in [0.25, 0.3) is 5.91 Å². The number of hydrogen-bond acceptors (Lipinski definition) is 6. The zero-order valence-corrected chi connectivity index (χ0v) is 16.9. The molecule has 1 aromatic carbocycles. The number of amides is 1. The minimum Gasteiger partial charge on any atom is -0.510 e. The summed E-state index contributed by atoms with van der Waals surface area (Å²) in [7, 11) is 0.529. The molecule has 0 spiro atoms. The average Bonchev–Trinajstić information content (AvgIpc) is 2.52. The van der Waals surface area contributed by atoms with Crippen LogP contribution in [0, 0.1) is 4.91 Å². The van der Waals surface area contributed by atoms with Crippen molar-refractivity contribution in [3.8, 4) is 0 Å². The Hall–Kier alpha value is -2.10. The quantitative estimate of drug-likeness (QED) is 0.437. The van der Waals surface area contributed by atoms with Crippen molar-refractivity contribution in [2.75, 3.05) is 25.6 Å². The summed E-state index contributed by atoms with van der Waals surface area (Å²) >= 11 is 0. The molecule has 1 amide bonds. The van der Waals surface area contributed by atoms with Crippen LogP contribution in [0.25, 0.3) is 0 Å². The minimum absolute atomic E-state index is 0.375. The molecule has 0 aromatic heterocycles. The Labute approximate surface area is 161 Å². The van der Waals surface area contributed by atoms with Crippen LogP contribution in [0.15, 0.2) is 40.9 Å². The summed E-state index contributed by atoms with van der Waals surface area (Å²) in [4.78, 5) is 22.8. The van der Waals surface area contributed by atoms with Gasteiger partial charge in [0.1, 0.15) is 22.3 Å². The molecule has 148 valence electrons. The topological polar surface area (TPSA) is 108 Å². The number of anilines is 1. The summed E-state index contributed by atoms with van der Waals surface area (Å²) < 4.78 is 19.7. The van der Waals surface area contributed by atoms with Gasteiger partial charge in [-0.05, 0) is 50.6 Å². The van der Waals surface area contributed by atoms with Crippen LogP contribution in [0.3, 0.4) is 0 Å². The lowest BCUT2D eigenvalue weighted by atomic mass is 9.88. The van der Waals surface area contributed by atoms with Crippen molar-refractivity contribution in [3.05, 3.63) is 46.2 Å². The van der Waals surface area contributed by atoms with E-state index in [-0.39, 0.29) is 0 Å². The summed E-state index contributed by atoms with van der Waals surface area (Å²) in [6.07, 6.45) is 0. The third-order valence-corrected chi connectivity index (χ3v) is 6.26. The summed E-state index contributed by atoms with van der Waals surface area (Å²) in [6.45, 7) is 7.67. The standard InChI is InChI=1S/C18H25N3O5S/c1-12(22)15(20-24)16(23)19-14-8-6-7-13(9-14)18(10-26-11-18)21(5)27(25)17(2,3)4/h6-9,22H,10-11H2,1-5H3,(H,19,23)/b15-12+. The highest BCUT2D eigenvalue weighted by atomic mass is 32.2. The molecule has 2 N–H and O–H groups in total. The first-order valence-corrected chi connectivity index (χ1v) is 9.52. The predicted octanol–water partition coefficient (Wildman–Crippen LogP) is 2.80. The summed E-state index contributed by atoms with van der Waals surface area (Å²) in [5.74, 6) is -1.25. The molecular weight excluding hydrogens is 370 g/mol. The third kappa shape index (κ3) is 4.26. The Kier molecular flexibility index (Phi) is 6.18. The first-order chi connectivity index (χ1) is 12.5. The maximum absolute atomic E-state index is 12.9. The number of benzene rings is 1. The van der Waals surface area contributed by atoms with Gasteiger partial charge in [0.15, 0.2) is 0 Å². The normalized spacial score (nSPS) is 18.3. The van der Waals surface area contributed by atoms with Gasteiger partial charge in [-0.15, -0.1) is 4.91 Å². The van der Waals surface area contributed by atoms with Gasteiger partial charge in [-0.3, -0.25) is 4.79 Å². The number of nitrogens with zero attached hydrogens (tertiary/aromatic N) is 2. The average molecular weight is 395 g/mol. The van der Waals surface area contributed by atoms with E-state index in [9.17, 15) is 19.0 Å². The fourth-order valence-corrected chi connectivity index (χ4v) is 4.09. The summed E-state index contributed by atoms with van der Waals surface area (Å²) in [6, 6.07) is 7.03. The van der Waals surface area contributed by atoms with E-state index in [1.54, 1.807) is 29.6 Å². The Morgan fingerprint density at radius 1 is 1.37 bits per heavy atom. The molecule has 1 unspecified atom stereocenters. The fraction of sp³-hybridized carbons (Fsp3) is 0.500. The van der Waals surface area contributed by atoms with Crippen molar-refractivity contribution in [1.82, 2.24) is 4.31 Å². The molecule has 1 aliphatic rings. The lowest BCUT2D eigenvalue weighted by Gasteiger charge is -2.49. The van der Waals surface area contributed by atoms with Gasteiger partial charge in [0, 0.05) is 12.7 Å². The van der Waals surface area contributed by atoms with Gasteiger partial charge < -0.3 is 15.2 Å². The fourth-order valence-electron chi connectivity index (χ4n) is 2.74. The summed E-state index contributed by atoms with van der Waals surface area (Å²) in [5, 5.41) is 14.5. The van der Waals surface area contributed by atoms with Crippen molar-refractivity contribution < 1.29 is 18.8 Å². The smallest absolute Gasteiger partial charge is 0.281 e. The number of ether oxygens (including phenoxy) is 1.